The van der Waals surface area contributed by atoms with E-state index in [-0.39, 0.29) is 51.4 Å². The third-order valence-electron chi connectivity index (χ3n) is 0.736. The molecule has 0 saturated carbocycles. The molecule has 0 fully saturated rings. The van der Waals surface area contributed by atoms with E-state index < -0.39 is 5.97 Å². The first-order valence-corrected chi connectivity index (χ1v) is 3.55. The van der Waals surface area contributed by atoms with Crippen LogP contribution in [0.5, 0.6) is 5.06 Å². The monoisotopic (exact) mass is 197 g/mol. The summed E-state index contributed by atoms with van der Waals surface area (Å²) < 4.78 is 0. The summed E-state index contributed by atoms with van der Waals surface area (Å²) in [5.74, 6) is -0.451. The Hall–Kier alpha value is 0.606. The Morgan fingerprint density at radius 3 is 2.82 bits per heavy atom. The summed E-state index contributed by atoms with van der Waals surface area (Å²) >= 11 is 1.37. The van der Waals surface area contributed by atoms with Crippen LogP contribution in [0.4, 0.5) is 0 Å². The summed E-state index contributed by atoms with van der Waals surface area (Å²) in [4.78, 5) is 19.0. The van der Waals surface area contributed by atoms with E-state index in [4.69, 9.17) is 0 Å². The molecule has 0 spiro atoms. The minimum Gasteiger partial charge on any atom is -0.276 e. The van der Waals surface area contributed by atoms with Crippen LogP contribution in [0, 0.1) is 0 Å². The van der Waals surface area contributed by atoms with Gasteiger partial charge in [0.05, 0.1) is 0 Å². The molecule has 0 aliphatic heterocycles. The van der Waals surface area contributed by atoms with Crippen molar-refractivity contribution >= 4 is 17.3 Å². The van der Waals surface area contributed by atoms with Crippen molar-refractivity contribution in [3.8, 4) is 5.06 Å². The predicted molar refractivity (Wildman–Crippen MR) is 36.7 cm³/mol. The summed E-state index contributed by atoms with van der Waals surface area (Å²) in [6, 6.07) is 3.52. The van der Waals surface area contributed by atoms with Crippen LogP contribution in [0.2, 0.25) is 0 Å². The van der Waals surface area contributed by atoms with Gasteiger partial charge in [-0.2, -0.15) is 0 Å². The first-order valence-electron chi connectivity index (χ1n) is 2.67. The molecular weight excluding hydrogens is 191 g/mol. The van der Waals surface area contributed by atoms with E-state index in [0.717, 1.165) is 0 Å². The average Bonchev–Trinajstić information content (AvgIpc) is 2.34. The maximum atomic E-state index is 10.2. The van der Waals surface area contributed by atoms with Gasteiger partial charge in [-0.05, 0) is 17.5 Å². The van der Waals surface area contributed by atoms with E-state index in [1.165, 1.54) is 18.3 Å². The van der Waals surface area contributed by atoms with Gasteiger partial charge in [-0.3, -0.25) is 4.89 Å². The van der Waals surface area contributed by atoms with Crippen LogP contribution in [0.15, 0.2) is 17.5 Å². The van der Waals surface area contributed by atoms with Gasteiger partial charge in [-0.1, -0.05) is 0 Å². The van der Waals surface area contributed by atoms with Gasteiger partial charge in [0.1, 0.15) is 0 Å². The Bertz CT molecular complexity index is 210. The molecule has 0 amide bonds. The number of hydrogen-bond acceptors (Lipinski definition) is 4. The van der Waals surface area contributed by atoms with E-state index >= 15 is 0 Å². The molecule has 0 radical (unpaired) electrons. The molecule has 1 aromatic heterocycles. The van der Waals surface area contributed by atoms with Gasteiger partial charge in [0, 0.05) is 6.92 Å². The molecule has 1 aromatic rings. The molecule has 0 aliphatic carbocycles. The van der Waals surface area contributed by atoms with Crippen molar-refractivity contribution in [2.75, 3.05) is 0 Å². The molecule has 0 aliphatic rings. The third-order valence-corrected chi connectivity index (χ3v) is 1.47. The molecule has 54 valence electrons. The summed E-state index contributed by atoms with van der Waals surface area (Å²) in [6.07, 6.45) is 0. The smallest absolute Gasteiger partial charge is 0.276 e. The van der Waals surface area contributed by atoms with Crippen LogP contribution in [0.25, 0.3) is 0 Å². The Labute approximate surface area is 111 Å². The van der Waals surface area contributed by atoms with Gasteiger partial charge < -0.3 is 0 Å². The quantitative estimate of drug-likeness (QED) is 0.333. The number of rotatable bonds is 2. The van der Waals surface area contributed by atoms with E-state index in [0.29, 0.717) is 5.06 Å². The fourth-order valence-electron chi connectivity index (χ4n) is 0.411. The standard InChI is InChI=1S/C6H6O3S.K/c1-5(7)8-9-6-3-2-4-10-6;/h2-4H,1H3;/q;+1. The van der Waals surface area contributed by atoms with E-state index in [2.05, 4.69) is 9.78 Å². The van der Waals surface area contributed by atoms with Crippen molar-refractivity contribution < 1.29 is 66.0 Å². The normalized spacial score (nSPS) is 8.09. The zero-order chi connectivity index (χ0) is 7.40. The molecule has 0 aromatic carbocycles. The van der Waals surface area contributed by atoms with Crippen molar-refractivity contribution in [2.45, 2.75) is 6.92 Å². The van der Waals surface area contributed by atoms with Gasteiger partial charge in [0.25, 0.3) is 0 Å². The van der Waals surface area contributed by atoms with Crippen molar-refractivity contribution in [3.05, 3.63) is 17.5 Å². The molecule has 0 atom stereocenters. The Kier molecular flexibility index (Phi) is 6.50. The Balaban J connectivity index is 0.000001000. The minimum absolute atomic E-state index is 0. The van der Waals surface area contributed by atoms with Gasteiger partial charge in [0.2, 0.25) is 5.06 Å². The fraction of sp³-hybridized carbons (Fsp3) is 0.167. The molecule has 0 unspecified atom stereocenters. The minimum atomic E-state index is -0.451. The van der Waals surface area contributed by atoms with E-state index in [1.54, 1.807) is 6.07 Å². The second-order valence-corrected chi connectivity index (χ2v) is 2.50. The zero-order valence-corrected chi connectivity index (χ0v) is 10.3. The molecule has 0 bridgehead atoms. The van der Waals surface area contributed by atoms with Crippen LogP contribution >= 0.6 is 11.3 Å². The SMILES string of the molecule is CC(=O)OOc1cccs1.[K+]. The third kappa shape index (κ3) is 4.94. The van der Waals surface area contributed by atoms with Crippen molar-refractivity contribution in [2.24, 2.45) is 0 Å². The first-order chi connectivity index (χ1) is 4.79. The maximum absolute atomic E-state index is 10.2. The average molecular weight is 197 g/mol. The molecule has 0 N–H and O–H groups in total. The largest absolute Gasteiger partial charge is 1.00 e. The van der Waals surface area contributed by atoms with Gasteiger partial charge in [0.15, 0.2) is 0 Å². The Morgan fingerprint density at radius 1 is 1.64 bits per heavy atom. The van der Waals surface area contributed by atoms with Crippen LogP contribution in [-0.2, 0) is 9.68 Å². The second-order valence-electron chi connectivity index (χ2n) is 1.59. The molecule has 1 heterocycles. The van der Waals surface area contributed by atoms with Crippen molar-refractivity contribution in [1.82, 2.24) is 0 Å². The van der Waals surface area contributed by atoms with E-state index in [9.17, 15) is 4.79 Å². The number of carbonyl (C=O) groups excluding carboxylic acids is 1. The Morgan fingerprint density at radius 2 is 2.36 bits per heavy atom. The summed E-state index contributed by atoms with van der Waals surface area (Å²) in [5.41, 5.74) is 0. The molecule has 3 nitrogen and oxygen atoms in total. The van der Waals surface area contributed by atoms with Crippen LogP contribution in [0.1, 0.15) is 6.92 Å². The van der Waals surface area contributed by atoms with Crippen LogP contribution in [0.3, 0.4) is 0 Å². The fourth-order valence-corrected chi connectivity index (χ4v) is 0.932. The molecular formula is C6H6KO3S+. The van der Waals surface area contributed by atoms with Gasteiger partial charge in [-0.15, -0.1) is 11.3 Å². The van der Waals surface area contributed by atoms with Crippen molar-refractivity contribution in [3.63, 3.8) is 0 Å². The number of hydrogen-bond donors (Lipinski definition) is 0. The van der Waals surface area contributed by atoms with Crippen molar-refractivity contribution in [1.29, 1.82) is 0 Å². The first kappa shape index (κ1) is 11.6. The molecule has 11 heavy (non-hydrogen) atoms. The zero-order valence-electron chi connectivity index (χ0n) is 6.37. The number of thiophene rings is 1. The number of carbonyl (C=O) groups is 1. The summed E-state index contributed by atoms with van der Waals surface area (Å²) in [5, 5.41) is 2.41. The topological polar surface area (TPSA) is 35.5 Å². The maximum Gasteiger partial charge on any atom is 1.00 e. The van der Waals surface area contributed by atoms with E-state index in [1.807, 2.05) is 11.4 Å². The second kappa shape index (κ2) is 6.16. The molecule has 1 rings (SSSR count). The van der Waals surface area contributed by atoms with Crippen LogP contribution in [-0.4, -0.2) is 5.97 Å². The summed E-state index contributed by atoms with van der Waals surface area (Å²) in [6.45, 7) is 1.29. The summed E-state index contributed by atoms with van der Waals surface area (Å²) in [7, 11) is 0. The predicted octanol–water partition coefficient (Wildman–Crippen LogP) is -1.39. The molecule has 0 saturated heterocycles. The van der Waals surface area contributed by atoms with Crippen LogP contribution < -0.4 is 56.3 Å². The van der Waals surface area contributed by atoms with Gasteiger partial charge in [-0.25, -0.2) is 9.68 Å². The van der Waals surface area contributed by atoms with Gasteiger partial charge >= 0.3 is 57.4 Å². The molecule has 5 heteroatoms.